The Bertz CT molecular complexity index is 278. The molecular formula is C10H15NO2S. The van der Waals surface area contributed by atoms with Crippen molar-refractivity contribution in [1.82, 2.24) is 5.32 Å². The summed E-state index contributed by atoms with van der Waals surface area (Å²) in [5.74, 6) is -0.540. The molecular weight excluding hydrogens is 198 g/mol. The molecule has 1 fully saturated rings. The van der Waals surface area contributed by atoms with Gasteiger partial charge in [-0.3, -0.25) is 0 Å². The highest BCUT2D eigenvalue weighted by Gasteiger charge is 2.35. The quantitative estimate of drug-likeness (QED) is 0.808. The molecule has 14 heavy (non-hydrogen) atoms. The van der Waals surface area contributed by atoms with Gasteiger partial charge >= 0.3 is 0 Å². The average Bonchev–Trinajstić information content (AvgIpc) is 2.72. The second-order valence-electron chi connectivity index (χ2n) is 3.53. The van der Waals surface area contributed by atoms with E-state index in [1.54, 1.807) is 11.3 Å². The average molecular weight is 213 g/mol. The molecule has 2 rings (SSSR count). The molecule has 0 aliphatic carbocycles. The summed E-state index contributed by atoms with van der Waals surface area (Å²) >= 11 is 1.67. The van der Waals surface area contributed by atoms with Gasteiger partial charge in [-0.05, 0) is 25.4 Å². The third-order valence-corrected chi connectivity index (χ3v) is 3.55. The number of likely N-dealkylation sites (N-methyl/N-ethyl adjacent to an activating group) is 1. The Morgan fingerprint density at radius 1 is 1.50 bits per heavy atom. The van der Waals surface area contributed by atoms with Crippen LogP contribution in [0.2, 0.25) is 0 Å². The molecule has 0 amide bonds. The molecule has 0 atom stereocenters. The van der Waals surface area contributed by atoms with Gasteiger partial charge in [0.2, 0.25) is 5.79 Å². The molecule has 78 valence electrons. The van der Waals surface area contributed by atoms with Crippen LogP contribution in [0.4, 0.5) is 0 Å². The summed E-state index contributed by atoms with van der Waals surface area (Å²) in [6, 6.07) is 4.37. The fourth-order valence-corrected chi connectivity index (χ4v) is 2.25. The molecule has 3 nitrogen and oxygen atoms in total. The zero-order valence-electron chi connectivity index (χ0n) is 8.45. The minimum Gasteiger partial charge on any atom is -0.344 e. The van der Waals surface area contributed by atoms with Gasteiger partial charge in [0.05, 0.1) is 24.1 Å². The van der Waals surface area contributed by atoms with Crippen molar-refractivity contribution in [2.45, 2.75) is 18.8 Å². The largest absolute Gasteiger partial charge is 0.344 e. The van der Waals surface area contributed by atoms with Crippen LogP contribution in [0.5, 0.6) is 0 Å². The lowest BCUT2D eigenvalue weighted by Crippen LogP contribution is -2.47. The van der Waals surface area contributed by atoms with Crippen LogP contribution in [0.1, 0.15) is 11.8 Å². The molecule has 1 aliphatic heterocycles. The third kappa shape index (κ3) is 1.83. The van der Waals surface area contributed by atoms with Crippen molar-refractivity contribution in [1.29, 1.82) is 0 Å². The van der Waals surface area contributed by atoms with Gasteiger partial charge in [-0.1, -0.05) is 6.07 Å². The molecule has 0 aromatic carbocycles. The Hall–Kier alpha value is -0.420. The lowest BCUT2D eigenvalue weighted by Gasteiger charge is -2.36. The minimum atomic E-state index is -0.540. The van der Waals surface area contributed by atoms with Crippen LogP contribution in [0.15, 0.2) is 17.5 Å². The van der Waals surface area contributed by atoms with Crippen LogP contribution in [0, 0.1) is 0 Å². The van der Waals surface area contributed by atoms with E-state index < -0.39 is 5.79 Å². The molecule has 2 heterocycles. The number of ether oxygens (including phenoxy) is 2. The van der Waals surface area contributed by atoms with Crippen LogP contribution in [-0.4, -0.2) is 26.3 Å². The zero-order valence-corrected chi connectivity index (χ0v) is 9.26. The predicted molar refractivity (Wildman–Crippen MR) is 56.4 cm³/mol. The van der Waals surface area contributed by atoms with E-state index in [0.29, 0.717) is 19.3 Å². The summed E-state index contributed by atoms with van der Waals surface area (Å²) in [5, 5.41) is 5.18. The van der Waals surface area contributed by atoms with Crippen LogP contribution >= 0.6 is 11.3 Å². The Balaban J connectivity index is 2.06. The first-order valence-corrected chi connectivity index (χ1v) is 5.62. The Morgan fingerprint density at radius 3 is 2.71 bits per heavy atom. The molecule has 0 unspecified atom stereocenters. The summed E-state index contributed by atoms with van der Waals surface area (Å²) in [4.78, 5) is 1.13. The summed E-state index contributed by atoms with van der Waals surface area (Å²) < 4.78 is 11.5. The smallest absolute Gasteiger partial charge is 0.201 e. The fourth-order valence-electron chi connectivity index (χ4n) is 1.45. The van der Waals surface area contributed by atoms with E-state index in [1.807, 2.05) is 31.5 Å². The Labute approximate surface area is 88.0 Å². The molecule has 0 bridgehead atoms. The summed E-state index contributed by atoms with van der Waals surface area (Å²) in [6.07, 6.45) is 0. The topological polar surface area (TPSA) is 30.5 Å². The van der Waals surface area contributed by atoms with Crippen molar-refractivity contribution in [3.05, 3.63) is 22.4 Å². The highest BCUT2D eigenvalue weighted by atomic mass is 32.1. The van der Waals surface area contributed by atoms with E-state index in [2.05, 4.69) is 5.32 Å². The van der Waals surface area contributed by atoms with Gasteiger partial charge < -0.3 is 14.8 Å². The summed E-state index contributed by atoms with van der Waals surface area (Å²) in [6.45, 7) is 3.38. The number of rotatable bonds is 2. The molecule has 1 N–H and O–H groups in total. The first-order valence-electron chi connectivity index (χ1n) is 4.74. The van der Waals surface area contributed by atoms with Gasteiger partial charge in [0.25, 0.3) is 0 Å². The van der Waals surface area contributed by atoms with E-state index in [1.165, 1.54) is 0 Å². The molecule has 1 aromatic rings. The van der Waals surface area contributed by atoms with Crippen LogP contribution < -0.4 is 5.32 Å². The standard InChI is InChI=1S/C10H15NO2S/c1-10(9-4-3-5-14-9)12-6-8(11-2)7-13-10/h3-5,8,11H,6-7H2,1-2H3. The molecule has 4 heteroatoms. The zero-order chi connectivity index (χ0) is 10.0. The van der Waals surface area contributed by atoms with E-state index in [-0.39, 0.29) is 0 Å². The van der Waals surface area contributed by atoms with Gasteiger partial charge in [0.15, 0.2) is 0 Å². The normalized spacial score (nSPS) is 33.1. The van der Waals surface area contributed by atoms with Crippen LogP contribution in [0.3, 0.4) is 0 Å². The lowest BCUT2D eigenvalue weighted by atomic mass is 10.2. The number of hydrogen-bond acceptors (Lipinski definition) is 4. The van der Waals surface area contributed by atoms with Crippen LogP contribution in [-0.2, 0) is 15.3 Å². The molecule has 0 radical (unpaired) electrons. The molecule has 1 saturated heterocycles. The molecule has 1 aromatic heterocycles. The predicted octanol–water partition coefficient (Wildman–Crippen LogP) is 1.56. The number of thiophene rings is 1. The fraction of sp³-hybridized carbons (Fsp3) is 0.600. The molecule has 1 aliphatic rings. The van der Waals surface area contributed by atoms with Crippen LogP contribution in [0.25, 0.3) is 0 Å². The summed E-state index contributed by atoms with van der Waals surface area (Å²) in [5.41, 5.74) is 0. The van der Waals surface area contributed by atoms with E-state index >= 15 is 0 Å². The maximum atomic E-state index is 5.74. The van der Waals surface area contributed by atoms with Gasteiger partial charge in [-0.2, -0.15) is 0 Å². The van der Waals surface area contributed by atoms with Crippen molar-refractivity contribution >= 4 is 11.3 Å². The monoisotopic (exact) mass is 213 g/mol. The Morgan fingerprint density at radius 2 is 2.21 bits per heavy atom. The second-order valence-corrected chi connectivity index (χ2v) is 4.48. The number of hydrogen-bond donors (Lipinski definition) is 1. The van der Waals surface area contributed by atoms with Gasteiger partial charge in [0.1, 0.15) is 0 Å². The Kier molecular flexibility index (Phi) is 2.88. The van der Waals surface area contributed by atoms with Crippen molar-refractivity contribution in [3.63, 3.8) is 0 Å². The van der Waals surface area contributed by atoms with Crippen molar-refractivity contribution < 1.29 is 9.47 Å². The maximum absolute atomic E-state index is 5.74. The highest BCUT2D eigenvalue weighted by Crippen LogP contribution is 2.32. The van der Waals surface area contributed by atoms with E-state index in [0.717, 1.165) is 4.88 Å². The second kappa shape index (κ2) is 3.98. The van der Waals surface area contributed by atoms with Crippen molar-refractivity contribution in [2.24, 2.45) is 0 Å². The van der Waals surface area contributed by atoms with Gasteiger partial charge in [-0.25, -0.2) is 0 Å². The van der Waals surface area contributed by atoms with Crippen molar-refractivity contribution in [2.75, 3.05) is 20.3 Å². The highest BCUT2D eigenvalue weighted by molar-refractivity contribution is 7.10. The summed E-state index contributed by atoms with van der Waals surface area (Å²) in [7, 11) is 1.92. The molecule has 0 saturated carbocycles. The lowest BCUT2D eigenvalue weighted by molar-refractivity contribution is -0.270. The van der Waals surface area contributed by atoms with E-state index in [9.17, 15) is 0 Å². The third-order valence-electron chi connectivity index (χ3n) is 2.50. The van der Waals surface area contributed by atoms with Gasteiger partial charge in [0, 0.05) is 0 Å². The maximum Gasteiger partial charge on any atom is 0.201 e. The molecule has 0 spiro atoms. The SMILES string of the molecule is CNC1COC(C)(c2cccs2)OC1. The van der Waals surface area contributed by atoms with Gasteiger partial charge in [-0.15, -0.1) is 11.3 Å². The van der Waals surface area contributed by atoms with Crippen molar-refractivity contribution in [3.8, 4) is 0 Å². The number of nitrogens with one attached hydrogen (secondary N) is 1. The van der Waals surface area contributed by atoms with E-state index in [4.69, 9.17) is 9.47 Å². The minimum absolute atomic E-state index is 0.308. The first-order chi connectivity index (χ1) is 6.74. The first kappa shape index (κ1) is 10.1.